The van der Waals surface area contributed by atoms with Crippen molar-refractivity contribution in [3.63, 3.8) is 0 Å². The molecule has 6 nitrogen and oxygen atoms in total. The first-order chi connectivity index (χ1) is 9.76. The molecular formula is C13H14N4O2S. The lowest BCUT2D eigenvalue weighted by Gasteiger charge is -2.07. The third kappa shape index (κ3) is 2.00. The SMILES string of the molecule is CCc1nnc2sc(-c3ccc(OC)c(OC)c3)nn12. The average Bonchev–Trinajstić information content (AvgIpc) is 3.06. The van der Waals surface area contributed by atoms with Gasteiger partial charge in [-0.15, -0.1) is 10.2 Å². The van der Waals surface area contributed by atoms with Gasteiger partial charge in [0, 0.05) is 12.0 Å². The number of ether oxygens (including phenoxy) is 2. The average molecular weight is 290 g/mol. The van der Waals surface area contributed by atoms with Crippen molar-refractivity contribution in [3.05, 3.63) is 24.0 Å². The van der Waals surface area contributed by atoms with Crippen molar-refractivity contribution in [1.29, 1.82) is 0 Å². The van der Waals surface area contributed by atoms with Crippen LogP contribution in [0.1, 0.15) is 12.7 Å². The van der Waals surface area contributed by atoms with Gasteiger partial charge in [-0.1, -0.05) is 18.3 Å². The predicted octanol–water partition coefficient (Wildman–Crippen LogP) is 2.43. The van der Waals surface area contributed by atoms with Gasteiger partial charge in [-0.25, -0.2) is 0 Å². The number of nitrogens with zero attached hydrogens (tertiary/aromatic N) is 4. The third-order valence-corrected chi connectivity index (χ3v) is 3.95. The van der Waals surface area contributed by atoms with Crippen molar-refractivity contribution in [3.8, 4) is 22.1 Å². The van der Waals surface area contributed by atoms with Crippen molar-refractivity contribution >= 4 is 16.3 Å². The smallest absolute Gasteiger partial charge is 0.234 e. The van der Waals surface area contributed by atoms with E-state index < -0.39 is 0 Å². The highest BCUT2D eigenvalue weighted by Crippen LogP contribution is 2.33. The maximum Gasteiger partial charge on any atom is 0.234 e. The van der Waals surface area contributed by atoms with E-state index in [4.69, 9.17) is 9.47 Å². The highest BCUT2D eigenvalue weighted by molar-refractivity contribution is 7.19. The van der Waals surface area contributed by atoms with Gasteiger partial charge in [-0.3, -0.25) is 0 Å². The van der Waals surface area contributed by atoms with Crippen LogP contribution in [-0.2, 0) is 6.42 Å². The Hall–Kier alpha value is -2.15. The molecule has 0 fully saturated rings. The molecule has 0 atom stereocenters. The number of aryl methyl sites for hydroxylation is 1. The molecule has 1 aromatic carbocycles. The first kappa shape index (κ1) is 12.9. The minimum Gasteiger partial charge on any atom is -0.493 e. The summed E-state index contributed by atoms with van der Waals surface area (Å²) in [6.07, 6.45) is 0.802. The fraction of sp³-hybridized carbons (Fsp3) is 0.308. The molecule has 0 bridgehead atoms. The van der Waals surface area contributed by atoms with E-state index >= 15 is 0 Å². The zero-order valence-corrected chi connectivity index (χ0v) is 12.3. The van der Waals surface area contributed by atoms with Gasteiger partial charge in [0.1, 0.15) is 5.01 Å². The quantitative estimate of drug-likeness (QED) is 0.738. The van der Waals surface area contributed by atoms with Gasteiger partial charge < -0.3 is 9.47 Å². The summed E-state index contributed by atoms with van der Waals surface area (Å²) < 4.78 is 12.3. The van der Waals surface area contributed by atoms with Crippen LogP contribution in [0.5, 0.6) is 11.5 Å². The molecule has 2 heterocycles. The molecule has 0 saturated carbocycles. The van der Waals surface area contributed by atoms with Gasteiger partial charge in [0.2, 0.25) is 4.96 Å². The molecule has 7 heteroatoms. The van der Waals surface area contributed by atoms with Crippen LogP contribution >= 0.6 is 11.3 Å². The van der Waals surface area contributed by atoms with E-state index in [2.05, 4.69) is 15.3 Å². The van der Waals surface area contributed by atoms with Crippen molar-refractivity contribution in [2.45, 2.75) is 13.3 Å². The van der Waals surface area contributed by atoms with Gasteiger partial charge in [0.05, 0.1) is 14.2 Å². The van der Waals surface area contributed by atoms with Crippen molar-refractivity contribution in [1.82, 2.24) is 19.8 Å². The summed E-state index contributed by atoms with van der Waals surface area (Å²) >= 11 is 1.50. The molecule has 0 amide bonds. The second-order valence-corrected chi connectivity index (χ2v) is 5.10. The van der Waals surface area contributed by atoms with Gasteiger partial charge in [-0.05, 0) is 18.2 Å². The molecule has 0 unspecified atom stereocenters. The fourth-order valence-corrected chi connectivity index (χ4v) is 2.82. The van der Waals surface area contributed by atoms with Crippen LogP contribution < -0.4 is 9.47 Å². The molecular weight excluding hydrogens is 276 g/mol. The second-order valence-electron chi connectivity index (χ2n) is 4.14. The number of rotatable bonds is 4. The van der Waals surface area contributed by atoms with E-state index in [0.29, 0.717) is 11.5 Å². The molecule has 0 aliphatic heterocycles. The lowest BCUT2D eigenvalue weighted by atomic mass is 10.2. The van der Waals surface area contributed by atoms with E-state index in [1.165, 1.54) is 11.3 Å². The van der Waals surface area contributed by atoms with Crippen LogP contribution in [-0.4, -0.2) is 34.0 Å². The Labute approximate surface area is 120 Å². The topological polar surface area (TPSA) is 61.5 Å². The molecule has 0 radical (unpaired) electrons. The minimum absolute atomic E-state index is 0.687. The largest absolute Gasteiger partial charge is 0.493 e. The molecule has 3 rings (SSSR count). The highest BCUT2D eigenvalue weighted by Gasteiger charge is 2.13. The number of methoxy groups -OCH3 is 2. The maximum absolute atomic E-state index is 5.32. The number of fused-ring (bicyclic) bond motifs is 1. The number of aromatic nitrogens is 4. The molecule has 0 spiro atoms. The normalized spacial score (nSPS) is 10.9. The Morgan fingerprint density at radius 3 is 2.65 bits per heavy atom. The zero-order valence-electron chi connectivity index (χ0n) is 11.5. The minimum atomic E-state index is 0.687. The van der Waals surface area contributed by atoms with E-state index in [1.54, 1.807) is 18.7 Å². The molecule has 20 heavy (non-hydrogen) atoms. The second kappa shape index (κ2) is 5.09. The summed E-state index contributed by atoms with van der Waals surface area (Å²) in [6.45, 7) is 2.03. The van der Waals surface area contributed by atoms with E-state index in [0.717, 1.165) is 27.8 Å². The fourth-order valence-electron chi connectivity index (χ4n) is 1.96. The lowest BCUT2D eigenvalue weighted by molar-refractivity contribution is 0.355. The van der Waals surface area contributed by atoms with Gasteiger partial charge in [0.15, 0.2) is 17.3 Å². The van der Waals surface area contributed by atoms with Crippen LogP contribution in [0.4, 0.5) is 0 Å². The summed E-state index contributed by atoms with van der Waals surface area (Å²) in [5.74, 6) is 2.25. The molecule has 0 saturated heterocycles. The third-order valence-electron chi connectivity index (χ3n) is 3.00. The van der Waals surface area contributed by atoms with Crippen LogP contribution in [0, 0.1) is 0 Å². The molecule has 0 aliphatic rings. The van der Waals surface area contributed by atoms with Crippen molar-refractivity contribution in [2.75, 3.05) is 14.2 Å². The number of benzene rings is 1. The zero-order chi connectivity index (χ0) is 14.1. The van der Waals surface area contributed by atoms with E-state index in [9.17, 15) is 0 Å². The van der Waals surface area contributed by atoms with Crippen LogP contribution in [0.3, 0.4) is 0 Å². The summed E-state index contributed by atoms with van der Waals surface area (Å²) in [4.78, 5) is 0.798. The summed E-state index contributed by atoms with van der Waals surface area (Å²) in [5, 5.41) is 13.6. The molecule has 0 aliphatic carbocycles. The van der Waals surface area contributed by atoms with Crippen LogP contribution in [0.15, 0.2) is 18.2 Å². The Bertz CT molecular complexity index is 750. The Balaban J connectivity index is 2.08. The number of hydrogen-bond acceptors (Lipinski definition) is 6. The molecule has 104 valence electrons. The van der Waals surface area contributed by atoms with Crippen molar-refractivity contribution < 1.29 is 9.47 Å². The van der Waals surface area contributed by atoms with Crippen molar-refractivity contribution in [2.24, 2.45) is 0 Å². The standard InChI is InChI=1S/C13H14N4O2S/c1-4-11-14-15-13-17(11)16-12(20-13)8-5-6-9(18-2)10(7-8)19-3/h5-7H,4H2,1-3H3. The molecule has 0 N–H and O–H groups in total. The lowest BCUT2D eigenvalue weighted by Crippen LogP contribution is -1.94. The van der Waals surface area contributed by atoms with Gasteiger partial charge in [0.25, 0.3) is 0 Å². The molecule has 2 aromatic heterocycles. The predicted molar refractivity (Wildman–Crippen MR) is 76.6 cm³/mol. The summed E-state index contributed by atoms with van der Waals surface area (Å²) in [5.41, 5.74) is 0.972. The summed E-state index contributed by atoms with van der Waals surface area (Å²) in [6, 6.07) is 5.74. The first-order valence-electron chi connectivity index (χ1n) is 6.20. The summed E-state index contributed by atoms with van der Waals surface area (Å²) in [7, 11) is 3.24. The number of hydrogen-bond donors (Lipinski definition) is 0. The Morgan fingerprint density at radius 1 is 1.15 bits per heavy atom. The maximum atomic E-state index is 5.32. The van der Waals surface area contributed by atoms with Gasteiger partial charge in [-0.2, -0.15) is 9.61 Å². The molecule has 3 aromatic rings. The van der Waals surface area contributed by atoms with Crippen LogP contribution in [0.25, 0.3) is 15.5 Å². The van der Waals surface area contributed by atoms with Crippen LogP contribution in [0.2, 0.25) is 0 Å². The Kier molecular flexibility index (Phi) is 3.27. The Morgan fingerprint density at radius 2 is 1.95 bits per heavy atom. The monoisotopic (exact) mass is 290 g/mol. The van der Waals surface area contributed by atoms with E-state index in [-0.39, 0.29) is 0 Å². The van der Waals surface area contributed by atoms with Gasteiger partial charge >= 0.3 is 0 Å². The first-order valence-corrected chi connectivity index (χ1v) is 7.02. The highest BCUT2D eigenvalue weighted by atomic mass is 32.1. The van der Waals surface area contributed by atoms with E-state index in [1.807, 2.05) is 25.1 Å².